The van der Waals surface area contributed by atoms with Crippen LogP contribution in [0.1, 0.15) is 57.6 Å². The first-order valence-corrected chi connectivity index (χ1v) is 6.25. The number of aromatic nitrogens is 3. The van der Waals surface area contributed by atoms with Crippen molar-refractivity contribution in [2.45, 2.75) is 58.4 Å². The minimum absolute atomic E-state index is 0.450. The summed E-state index contributed by atoms with van der Waals surface area (Å²) in [6.07, 6.45) is 3.42. The maximum atomic E-state index is 5.84. The summed E-state index contributed by atoms with van der Waals surface area (Å²) < 4.78 is 2.17. The fraction of sp³-hybridized carbons (Fsp3) is 0.818. The summed E-state index contributed by atoms with van der Waals surface area (Å²) in [6.45, 7) is 7.53. The van der Waals surface area contributed by atoms with Gasteiger partial charge < -0.3 is 4.57 Å². The van der Waals surface area contributed by atoms with Crippen LogP contribution in [0, 0.1) is 0 Å². The summed E-state index contributed by atoms with van der Waals surface area (Å²) in [5.74, 6) is 2.92. The molecule has 86 valence electrons. The molecule has 1 aromatic heterocycles. The van der Waals surface area contributed by atoms with Gasteiger partial charge >= 0.3 is 0 Å². The minimum Gasteiger partial charge on any atom is -0.314 e. The van der Waals surface area contributed by atoms with E-state index < -0.39 is 0 Å². The molecule has 0 N–H and O–H groups in total. The fourth-order valence-corrected chi connectivity index (χ4v) is 2.04. The minimum atomic E-state index is 0.450. The number of nitrogens with zero attached hydrogens (tertiary/aromatic N) is 3. The summed E-state index contributed by atoms with van der Waals surface area (Å²) in [6, 6.07) is 0. The van der Waals surface area contributed by atoms with Crippen LogP contribution in [0.2, 0.25) is 0 Å². The molecule has 15 heavy (non-hydrogen) atoms. The van der Waals surface area contributed by atoms with E-state index in [9.17, 15) is 0 Å². The van der Waals surface area contributed by atoms with Gasteiger partial charge in [0, 0.05) is 12.5 Å². The standard InChI is InChI=1S/C11H20ClN3/c1-4-6-9(3)11-14-13-10(8-12)15(11)7-5-2/h9H,4-8H2,1-3H3. The second kappa shape index (κ2) is 6.11. The molecule has 3 nitrogen and oxygen atoms in total. The predicted octanol–water partition coefficient (Wildman–Crippen LogP) is 3.33. The third kappa shape index (κ3) is 2.94. The van der Waals surface area contributed by atoms with Crippen molar-refractivity contribution in [3.05, 3.63) is 11.6 Å². The van der Waals surface area contributed by atoms with Gasteiger partial charge in [-0.3, -0.25) is 0 Å². The van der Waals surface area contributed by atoms with E-state index >= 15 is 0 Å². The summed E-state index contributed by atoms with van der Waals surface area (Å²) in [7, 11) is 0. The zero-order valence-corrected chi connectivity index (χ0v) is 10.6. The lowest BCUT2D eigenvalue weighted by Gasteiger charge is -2.12. The molecular weight excluding hydrogens is 210 g/mol. The van der Waals surface area contributed by atoms with Gasteiger partial charge in [0.25, 0.3) is 0 Å². The highest BCUT2D eigenvalue weighted by atomic mass is 35.5. The zero-order chi connectivity index (χ0) is 11.3. The van der Waals surface area contributed by atoms with Gasteiger partial charge in [-0.1, -0.05) is 27.2 Å². The van der Waals surface area contributed by atoms with E-state index in [2.05, 4.69) is 35.5 Å². The fourth-order valence-electron chi connectivity index (χ4n) is 1.84. The van der Waals surface area contributed by atoms with Crippen LogP contribution in [0.25, 0.3) is 0 Å². The summed E-state index contributed by atoms with van der Waals surface area (Å²) >= 11 is 5.84. The van der Waals surface area contributed by atoms with Crippen molar-refractivity contribution in [2.24, 2.45) is 0 Å². The summed E-state index contributed by atoms with van der Waals surface area (Å²) in [5, 5.41) is 8.39. The molecule has 0 fully saturated rings. The Bertz CT molecular complexity index is 296. The Balaban J connectivity index is 2.90. The van der Waals surface area contributed by atoms with E-state index in [1.165, 1.54) is 6.42 Å². The molecule has 0 amide bonds. The molecule has 1 aromatic rings. The smallest absolute Gasteiger partial charge is 0.147 e. The van der Waals surface area contributed by atoms with Gasteiger partial charge in [-0.25, -0.2) is 0 Å². The zero-order valence-electron chi connectivity index (χ0n) is 9.83. The van der Waals surface area contributed by atoms with Crippen LogP contribution in [0.5, 0.6) is 0 Å². The molecule has 0 aromatic carbocycles. The Labute approximate surface area is 96.8 Å². The van der Waals surface area contributed by atoms with E-state index in [-0.39, 0.29) is 0 Å². The van der Waals surface area contributed by atoms with Gasteiger partial charge in [0.2, 0.25) is 0 Å². The highest BCUT2D eigenvalue weighted by Gasteiger charge is 2.15. The molecule has 0 aliphatic carbocycles. The van der Waals surface area contributed by atoms with Gasteiger partial charge in [-0.15, -0.1) is 21.8 Å². The number of halogens is 1. The third-order valence-electron chi connectivity index (χ3n) is 2.59. The van der Waals surface area contributed by atoms with Crippen LogP contribution in [0.3, 0.4) is 0 Å². The molecule has 0 aliphatic heterocycles. The molecule has 0 spiro atoms. The molecule has 0 aliphatic rings. The highest BCUT2D eigenvalue weighted by Crippen LogP contribution is 2.20. The van der Waals surface area contributed by atoms with Crippen molar-refractivity contribution in [1.82, 2.24) is 14.8 Å². The van der Waals surface area contributed by atoms with Crippen molar-refractivity contribution >= 4 is 11.6 Å². The lowest BCUT2D eigenvalue weighted by molar-refractivity contribution is 0.552. The van der Waals surface area contributed by atoms with Crippen molar-refractivity contribution in [3.63, 3.8) is 0 Å². The van der Waals surface area contributed by atoms with Gasteiger partial charge in [0.15, 0.2) is 0 Å². The lowest BCUT2D eigenvalue weighted by atomic mass is 10.1. The molecule has 1 unspecified atom stereocenters. The third-order valence-corrected chi connectivity index (χ3v) is 2.82. The Morgan fingerprint density at radius 1 is 1.27 bits per heavy atom. The summed E-state index contributed by atoms with van der Waals surface area (Å²) in [5.41, 5.74) is 0. The number of alkyl halides is 1. The maximum Gasteiger partial charge on any atom is 0.147 e. The van der Waals surface area contributed by atoms with Crippen LogP contribution in [0.15, 0.2) is 0 Å². The van der Waals surface area contributed by atoms with Gasteiger partial charge in [0.05, 0.1) is 5.88 Å². The maximum absolute atomic E-state index is 5.84. The Kier molecular flexibility index (Phi) is 5.09. The predicted molar refractivity (Wildman–Crippen MR) is 63.2 cm³/mol. The number of hydrogen-bond donors (Lipinski definition) is 0. The quantitative estimate of drug-likeness (QED) is 0.701. The van der Waals surface area contributed by atoms with E-state index in [0.717, 1.165) is 31.0 Å². The SMILES string of the molecule is CCCC(C)c1nnc(CCl)n1CCC. The number of hydrogen-bond acceptors (Lipinski definition) is 2. The van der Waals surface area contributed by atoms with E-state index in [1.54, 1.807) is 0 Å². The van der Waals surface area contributed by atoms with Crippen LogP contribution in [-0.4, -0.2) is 14.8 Å². The molecule has 0 radical (unpaired) electrons. The second-order valence-corrected chi connectivity index (χ2v) is 4.22. The van der Waals surface area contributed by atoms with Crippen LogP contribution in [-0.2, 0) is 12.4 Å². The van der Waals surface area contributed by atoms with Crippen LogP contribution in [0.4, 0.5) is 0 Å². The molecule has 0 bridgehead atoms. The Morgan fingerprint density at radius 2 is 2.00 bits per heavy atom. The average Bonchev–Trinajstić information content (AvgIpc) is 2.62. The molecule has 1 rings (SSSR count). The second-order valence-electron chi connectivity index (χ2n) is 3.95. The van der Waals surface area contributed by atoms with Gasteiger partial charge in [0.1, 0.15) is 11.6 Å². The Morgan fingerprint density at radius 3 is 2.53 bits per heavy atom. The summed E-state index contributed by atoms with van der Waals surface area (Å²) in [4.78, 5) is 0. The first-order chi connectivity index (χ1) is 7.24. The monoisotopic (exact) mass is 229 g/mol. The van der Waals surface area contributed by atoms with Crippen LogP contribution >= 0.6 is 11.6 Å². The molecule has 1 atom stereocenters. The molecule has 0 saturated heterocycles. The first kappa shape index (κ1) is 12.5. The van der Waals surface area contributed by atoms with E-state index in [4.69, 9.17) is 11.6 Å². The van der Waals surface area contributed by atoms with Crippen LogP contribution < -0.4 is 0 Å². The highest BCUT2D eigenvalue weighted by molar-refractivity contribution is 6.16. The van der Waals surface area contributed by atoms with E-state index in [0.29, 0.717) is 11.8 Å². The molecule has 4 heteroatoms. The average molecular weight is 230 g/mol. The lowest BCUT2D eigenvalue weighted by Crippen LogP contribution is -2.09. The van der Waals surface area contributed by atoms with Gasteiger partial charge in [-0.2, -0.15) is 0 Å². The van der Waals surface area contributed by atoms with Crippen molar-refractivity contribution < 1.29 is 0 Å². The molecular formula is C11H20ClN3. The van der Waals surface area contributed by atoms with E-state index in [1.807, 2.05) is 0 Å². The normalized spacial score (nSPS) is 13.1. The number of rotatable bonds is 6. The van der Waals surface area contributed by atoms with Gasteiger partial charge in [-0.05, 0) is 12.8 Å². The molecule has 1 heterocycles. The largest absolute Gasteiger partial charge is 0.314 e. The van der Waals surface area contributed by atoms with Crippen molar-refractivity contribution in [3.8, 4) is 0 Å². The van der Waals surface area contributed by atoms with Crippen molar-refractivity contribution in [2.75, 3.05) is 0 Å². The van der Waals surface area contributed by atoms with Crippen molar-refractivity contribution in [1.29, 1.82) is 0 Å². The topological polar surface area (TPSA) is 30.7 Å². The molecule has 0 saturated carbocycles. The first-order valence-electron chi connectivity index (χ1n) is 5.72. The Hall–Kier alpha value is -0.570.